The van der Waals surface area contributed by atoms with Crippen LogP contribution in [0.3, 0.4) is 0 Å². The highest BCUT2D eigenvalue weighted by atomic mass is 32.2. The van der Waals surface area contributed by atoms with Gasteiger partial charge in [-0.15, -0.1) is 0 Å². The van der Waals surface area contributed by atoms with Gasteiger partial charge in [0.2, 0.25) is 0 Å². The Bertz CT molecular complexity index is 835. The first-order chi connectivity index (χ1) is 14.0. The number of halogens is 1. The number of thioether (sulfide) groups is 1. The summed E-state index contributed by atoms with van der Waals surface area (Å²) in [5.41, 5.74) is 4.19. The maximum absolute atomic E-state index is 13.6. The number of hydrazine groups is 1. The van der Waals surface area contributed by atoms with Gasteiger partial charge in [-0.3, -0.25) is 25.2 Å². The van der Waals surface area contributed by atoms with Crippen molar-refractivity contribution in [3.63, 3.8) is 0 Å². The average molecular weight is 419 g/mol. The molecule has 0 saturated carbocycles. The lowest BCUT2D eigenvalue weighted by molar-refractivity contribution is -0.130. The molecule has 0 aliphatic carbocycles. The van der Waals surface area contributed by atoms with Crippen LogP contribution in [0, 0.1) is 5.82 Å². The van der Waals surface area contributed by atoms with Crippen LogP contribution >= 0.6 is 11.8 Å². The van der Waals surface area contributed by atoms with Gasteiger partial charge >= 0.3 is 0 Å². The van der Waals surface area contributed by atoms with Crippen molar-refractivity contribution in [2.24, 2.45) is 0 Å². The van der Waals surface area contributed by atoms with Crippen molar-refractivity contribution in [3.05, 3.63) is 66.0 Å². The largest absolute Gasteiger partial charge is 0.484 e. The van der Waals surface area contributed by atoms with Crippen LogP contribution in [0.1, 0.15) is 16.8 Å². The fourth-order valence-corrected chi connectivity index (χ4v) is 2.80. The summed E-state index contributed by atoms with van der Waals surface area (Å²) in [7, 11) is 0. The van der Waals surface area contributed by atoms with Gasteiger partial charge in [-0.05, 0) is 42.7 Å². The fraction of sp³-hybridized carbons (Fsp3) is 0.250. The third-order valence-corrected chi connectivity index (χ3v) is 4.44. The van der Waals surface area contributed by atoms with E-state index in [2.05, 4.69) is 16.2 Å². The highest BCUT2D eigenvalue weighted by Gasteiger charge is 2.22. The number of carbonyl (C=O) groups excluding carboxylic acids is 3. The van der Waals surface area contributed by atoms with Gasteiger partial charge in [0.15, 0.2) is 6.61 Å². The maximum atomic E-state index is 13.6. The Morgan fingerprint density at radius 2 is 1.72 bits per heavy atom. The van der Waals surface area contributed by atoms with Crippen molar-refractivity contribution in [1.82, 2.24) is 16.2 Å². The first-order valence-corrected chi connectivity index (χ1v) is 10.2. The zero-order valence-corrected chi connectivity index (χ0v) is 16.6. The molecule has 2 rings (SSSR count). The number of rotatable bonds is 9. The summed E-state index contributed by atoms with van der Waals surface area (Å²) in [6, 6.07) is 13.3. The van der Waals surface area contributed by atoms with Crippen molar-refractivity contribution in [1.29, 1.82) is 0 Å². The lowest BCUT2D eigenvalue weighted by atomic mass is 10.2. The van der Waals surface area contributed by atoms with E-state index in [9.17, 15) is 18.8 Å². The molecule has 7 nitrogen and oxygen atoms in total. The fourth-order valence-electron chi connectivity index (χ4n) is 2.32. The normalized spacial score (nSPS) is 11.2. The summed E-state index contributed by atoms with van der Waals surface area (Å²) in [5.74, 6) is -1.44. The molecule has 2 aromatic carbocycles. The first kappa shape index (κ1) is 22.2. The summed E-state index contributed by atoms with van der Waals surface area (Å²) in [4.78, 5) is 36.5. The van der Waals surface area contributed by atoms with E-state index in [4.69, 9.17) is 4.74 Å². The molecule has 0 aromatic heterocycles. The van der Waals surface area contributed by atoms with Crippen LogP contribution in [-0.4, -0.2) is 42.4 Å². The Morgan fingerprint density at radius 1 is 1.03 bits per heavy atom. The lowest BCUT2D eigenvalue weighted by Gasteiger charge is -2.18. The summed E-state index contributed by atoms with van der Waals surface area (Å²) < 4.78 is 19.0. The van der Waals surface area contributed by atoms with Crippen molar-refractivity contribution >= 4 is 29.5 Å². The molecule has 2 aromatic rings. The van der Waals surface area contributed by atoms with Crippen LogP contribution < -0.4 is 20.9 Å². The van der Waals surface area contributed by atoms with Gasteiger partial charge in [-0.25, -0.2) is 4.39 Å². The van der Waals surface area contributed by atoms with Gasteiger partial charge in [-0.1, -0.05) is 30.3 Å². The molecule has 0 aliphatic rings. The Balaban J connectivity index is 1.88. The van der Waals surface area contributed by atoms with Crippen LogP contribution in [0.25, 0.3) is 0 Å². The molecular formula is C20H22FN3O4S. The van der Waals surface area contributed by atoms with E-state index >= 15 is 0 Å². The van der Waals surface area contributed by atoms with E-state index in [0.717, 1.165) is 6.07 Å². The minimum absolute atomic E-state index is 0.200. The topological polar surface area (TPSA) is 96.5 Å². The minimum atomic E-state index is -0.879. The number of hydrogen-bond acceptors (Lipinski definition) is 5. The number of carbonyl (C=O) groups is 3. The quantitative estimate of drug-likeness (QED) is 0.540. The predicted molar refractivity (Wildman–Crippen MR) is 109 cm³/mol. The molecule has 0 saturated heterocycles. The SMILES string of the molecule is CSCC[C@@H](NC(=O)COc1ccccc1)C(=O)NNC(=O)c1ccccc1F. The Hall–Kier alpha value is -3.07. The molecule has 9 heteroatoms. The summed E-state index contributed by atoms with van der Waals surface area (Å²) in [5, 5.41) is 2.58. The molecule has 0 heterocycles. The first-order valence-electron chi connectivity index (χ1n) is 8.82. The second-order valence-electron chi connectivity index (χ2n) is 5.93. The number of hydrogen-bond donors (Lipinski definition) is 3. The molecule has 1 atom stereocenters. The van der Waals surface area contributed by atoms with Gasteiger partial charge in [0, 0.05) is 0 Å². The third-order valence-electron chi connectivity index (χ3n) is 3.79. The molecular weight excluding hydrogens is 397 g/mol. The molecule has 3 amide bonds. The highest BCUT2D eigenvalue weighted by molar-refractivity contribution is 7.98. The Labute approximate surface area is 172 Å². The van der Waals surface area contributed by atoms with E-state index in [1.807, 2.05) is 12.3 Å². The Kier molecular flexibility index (Phi) is 8.97. The smallest absolute Gasteiger partial charge is 0.272 e. The van der Waals surface area contributed by atoms with Gasteiger partial charge in [0.25, 0.3) is 17.7 Å². The van der Waals surface area contributed by atoms with Crippen LogP contribution in [-0.2, 0) is 9.59 Å². The molecule has 0 unspecified atom stereocenters. The summed E-state index contributed by atoms with van der Waals surface area (Å²) in [6.45, 7) is -0.255. The second-order valence-corrected chi connectivity index (χ2v) is 6.91. The zero-order valence-electron chi connectivity index (χ0n) is 15.8. The molecule has 3 N–H and O–H groups in total. The average Bonchev–Trinajstić information content (AvgIpc) is 2.74. The molecule has 154 valence electrons. The summed E-state index contributed by atoms with van der Waals surface area (Å²) in [6.07, 6.45) is 2.22. The number of para-hydroxylation sites is 1. The van der Waals surface area contributed by atoms with Crippen LogP contribution in [0.15, 0.2) is 54.6 Å². The van der Waals surface area contributed by atoms with E-state index in [0.29, 0.717) is 17.9 Å². The summed E-state index contributed by atoms with van der Waals surface area (Å²) >= 11 is 1.51. The minimum Gasteiger partial charge on any atom is -0.484 e. The van der Waals surface area contributed by atoms with Crippen molar-refractivity contribution < 1.29 is 23.5 Å². The molecule has 0 radical (unpaired) electrons. The molecule has 0 aliphatic heterocycles. The molecule has 0 spiro atoms. The van der Waals surface area contributed by atoms with Crippen LogP contribution in [0.4, 0.5) is 4.39 Å². The standard InChI is InChI=1S/C20H22FN3O4S/c1-29-12-11-17(22-18(25)13-28-14-7-3-2-4-8-14)20(27)24-23-19(26)15-9-5-6-10-16(15)21/h2-10,17H,11-13H2,1H3,(H,22,25)(H,23,26)(H,24,27)/t17-/m1/s1. The van der Waals surface area contributed by atoms with E-state index < -0.39 is 29.6 Å². The molecule has 0 bridgehead atoms. The van der Waals surface area contributed by atoms with Crippen molar-refractivity contribution in [3.8, 4) is 5.75 Å². The van der Waals surface area contributed by atoms with E-state index in [1.54, 1.807) is 24.3 Å². The molecule has 0 fully saturated rings. The number of nitrogens with one attached hydrogen (secondary N) is 3. The number of amides is 3. The maximum Gasteiger partial charge on any atom is 0.272 e. The highest BCUT2D eigenvalue weighted by Crippen LogP contribution is 2.08. The number of benzene rings is 2. The van der Waals surface area contributed by atoms with Crippen LogP contribution in [0.5, 0.6) is 5.75 Å². The van der Waals surface area contributed by atoms with E-state index in [-0.39, 0.29) is 12.2 Å². The number of ether oxygens (including phenoxy) is 1. The Morgan fingerprint density at radius 3 is 2.41 bits per heavy atom. The van der Waals surface area contributed by atoms with Gasteiger partial charge < -0.3 is 10.1 Å². The van der Waals surface area contributed by atoms with E-state index in [1.165, 1.54) is 30.0 Å². The third kappa shape index (κ3) is 7.46. The van der Waals surface area contributed by atoms with Gasteiger partial charge in [-0.2, -0.15) is 11.8 Å². The van der Waals surface area contributed by atoms with Crippen molar-refractivity contribution in [2.75, 3.05) is 18.6 Å². The zero-order chi connectivity index (χ0) is 21.1. The van der Waals surface area contributed by atoms with Gasteiger partial charge in [0.1, 0.15) is 17.6 Å². The van der Waals surface area contributed by atoms with Crippen LogP contribution in [0.2, 0.25) is 0 Å². The van der Waals surface area contributed by atoms with Gasteiger partial charge in [0.05, 0.1) is 5.56 Å². The predicted octanol–water partition coefficient (Wildman–Crippen LogP) is 1.90. The van der Waals surface area contributed by atoms with Crippen molar-refractivity contribution in [2.45, 2.75) is 12.5 Å². The second kappa shape index (κ2) is 11.7. The monoisotopic (exact) mass is 419 g/mol. The lowest BCUT2D eigenvalue weighted by Crippen LogP contribution is -2.53. The molecule has 29 heavy (non-hydrogen) atoms.